The molecule has 3 rings (SSSR count). The van der Waals surface area contributed by atoms with E-state index in [4.69, 9.17) is 16.3 Å². The molecule has 1 heterocycles. The van der Waals surface area contributed by atoms with Gasteiger partial charge in [0.15, 0.2) is 11.5 Å². The highest BCUT2D eigenvalue weighted by Gasteiger charge is 2.21. The van der Waals surface area contributed by atoms with Crippen LogP contribution in [0.2, 0.25) is 5.02 Å². The molecule has 0 saturated heterocycles. The van der Waals surface area contributed by atoms with Gasteiger partial charge in [0.05, 0.1) is 24.2 Å². The summed E-state index contributed by atoms with van der Waals surface area (Å²) in [6.45, 7) is 1.52. The number of halogens is 2. The minimum Gasteiger partial charge on any atom is -0.494 e. The second-order valence-corrected chi connectivity index (χ2v) is 6.00. The summed E-state index contributed by atoms with van der Waals surface area (Å²) in [5.74, 6) is -0.385. The van der Waals surface area contributed by atoms with E-state index in [0.29, 0.717) is 27.4 Å². The van der Waals surface area contributed by atoms with Crippen molar-refractivity contribution >= 4 is 34.3 Å². The Hall–Kier alpha value is -2.93. The van der Waals surface area contributed by atoms with Crippen molar-refractivity contribution in [2.75, 3.05) is 13.7 Å². The van der Waals surface area contributed by atoms with E-state index in [9.17, 15) is 14.0 Å². The van der Waals surface area contributed by atoms with Crippen molar-refractivity contribution in [2.24, 2.45) is 0 Å². The highest BCUT2D eigenvalue weighted by Crippen LogP contribution is 2.33. The molecule has 0 spiro atoms. The molecule has 0 aliphatic heterocycles. The summed E-state index contributed by atoms with van der Waals surface area (Å²) in [4.78, 5) is 31.9. The zero-order valence-electron chi connectivity index (χ0n) is 14.0. The molecule has 2 aromatic carbocycles. The first-order valence-corrected chi connectivity index (χ1v) is 8.08. The van der Waals surface area contributed by atoms with Crippen molar-refractivity contribution in [3.05, 3.63) is 58.1 Å². The Morgan fingerprint density at radius 3 is 2.65 bits per heavy atom. The van der Waals surface area contributed by atoms with Crippen LogP contribution in [-0.2, 0) is 0 Å². The molecule has 0 bridgehead atoms. The number of H-pyrrole nitrogens is 1. The minimum absolute atomic E-state index is 0.181. The lowest BCUT2D eigenvalue weighted by molar-refractivity contribution is 0.0902. The van der Waals surface area contributed by atoms with Crippen LogP contribution in [0.25, 0.3) is 11.0 Å². The third-order valence-corrected chi connectivity index (χ3v) is 4.10. The van der Waals surface area contributed by atoms with Crippen molar-refractivity contribution in [1.82, 2.24) is 15.3 Å². The van der Waals surface area contributed by atoms with Gasteiger partial charge in [-0.2, -0.15) is 0 Å². The molecule has 0 radical (unpaired) electrons. The fourth-order valence-corrected chi connectivity index (χ4v) is 2.84. The largest absolute Gasteiger partial charge is 0.494 e. The maximum atomic E-state index is 12.9. The van der Waals surface area contributed by atoms with E-state index in [0.717, 1.165) is 0 Å². The number of carbonyl (C=O) groups is 2. The minimum atomic E-state index is -0.520. The van der Waals surface area contributed by atoms with E-state index in [1.165, 1.54) is 37.4 Å². The van der Waals surface area contributed by atoms with Gasteiger partial charge in [-0.3, -0.25) is 9.59 Å². The summed E-state index contributed by atoms with van der Waals surface area (Å²) in [7, 11) is 1.43. The van der Waals surface area contributed by atoms with Crippen LogP contribution in [0, 0.1) is 12.7 Å². The van der Waals surface area contributed by atoms with Crippen LogP contribution in [0.3, 0.4) is 0 Å². The monoisotopic (exact) mass is 375 g/mol. The lowest BCUT2D eigenvalue weighted by Crippen LogP contribution is -2.30. The molecule has 1 aromatic heterocycles. The van der Waals surface area contributed by atoms with Gasteiger partial charge in [-0.05, 0) is 37.3 Å². The molecule has 0 atom stereocenters. The summed E-state index contributed by atoms with van der Waals surface area (Å²) >= 11 is 6.20. The van der Waals surface area contributed by atoms with E-state index >= 15 is 0 Å². The SMILES string of the molecule is COc1c(C(=O)NCC(=O)c2ccc(F)cc2)cc(Cl)c2nc(C)[nH]c12. The predicted octanol–water partition coefficient (Wildman–Crippen LogP) is 3.29. The zero-order chi connectivity index (χ0) is 18.8. The van der Waals surface area contributed by atoms with Gasteiger partial charge in [-0.1, -0.05) is 11.6 Å². The molecule has 0 aliphatic carbocycles. The number of carbonyl (C=O) groups excluding carboxylic acids is 2. The van der Waals surface area contributed by atoms with Gasteiger partial charge < -0.3 is 15.0 Å². The molecule has 3 aromatic rings. The maximum absolute atomic E-state index is 12.9. The number of fused-ring (bicyclic) bond motifs is 1. The van der Waals surface area contributed by atoms with Gasteiger partial charge in [0, 0.05) is 5.56 Å². The normalized spacial score (nSPS) is 10.8. The van der Waals surface area contributed by atoms with E-state index in [-0.39, 0.29) is 23.6 Å². The number of hydrogen-bond donors (Lipinski definition) is 2. The van der Waals surface area contributed by atoms with Gasteiger partial charge in [-0.25, -0.2) is 9.37 Å². The number of nitrogens with zero attached hydrogens (tertiary/aromatic N) is 1. The topological polar surface area (TPSA) is 84.1 Å². The van der Waals surface area contributed by atoms with Crippen LogP contribution in [-0.4, -0.2) is 35.3 Å². The first kappa shape index (κ1) is 17.9. The molecule has 1 amide bonds. The Labute approximate surface area is 153 Å². The third kappa shape index (κ3) is 3.39. The van der Waals surface area contributed by atoms with Crippen molar-refractivity contribution in [3.63, 3.8) is 0 Å². The second-order valence-electron chi connectivity index (χ2n) is 5.60. The van der Waals surface area contributed by atoms with Crippen molar-refractivity contribution in [1.29, 1.82) is 0 Å². The number of methoxy groups -OCH3 is 1. The summed E-state index contributed by atoms with van der Waals surface area (Å²) in [6.07, 6.45) is 0. The molecule has 6 nitrogen and oxygen atoms in total. The molecule has 2 N–H and O–H groups in total. The van der Waals surface area contributed by atoms with Gasteiger partial charge in [0.2, 0.25) is 0 Å². The Kier molecular flexibility index (Phi) is 4.90. The highest BCUT2D eigenvalue weighted by molar-refractivity contribution is 6.35. The molecule has 0 fully saturated rings. The first-order valence-electron chi connectivity index (χ1n) is 7.70. The fraction of sp³-hybridized carbons (Fsp3) is 0.167. The Morgan fingerprint density at radius 2 is 2.00 bits per heavy atom. The average Bonchev–Trinajstić information content (AvgIpc) is 3.02. The Bertz CT molecular complexity index is 999. The standard InChI is InChI=1S/C18H15ClFN3O3/c1-9-22-15-13(19)7-12(17(26-2)16(15)23-9)18(25)21-8-14(24)10-3-5-11(20)6-4-10/h3-7H,8H2,1-2H3,(H,21,25)(H,22,23). The summed E-state index contributed by atoms with van der Waals surface area (Å²) in [5, 5.41) is 2.82. The number of Topliss-reactive ketones (excluding diaryl/α,β-unsaturated/α-hetero) is 1. The molecule has 8 heteroatoms. The molecule has 134 valence electrons. The number of benzene rings is 2. The van der Waals surface area contributed by atoms with Crippen LogP contribution in [0.15, 0.2) is 30.3 Å². The number of aromatic amines is 1. The van der Waals surface area contributed by atoms with Crippen LogP contribution in [0.4, 0.5) is 4.39 Å². The Morgan fingerprint density at radius 1 is 1.31 bits per heavy atom. The summed E-state index contributed by atoms with van der Waals surface area (Å²) < 4.78 is 18.3. The smallest absolute Gasteiger partial charge is 0.255 e. The fourth-order valence-electron chi connectivity index (χ4n) is 2.60. The number of hydrogen-bond acceptors (Lipinski definition) is 4. The quantitative estimate of drug-likeness (QED) is 0.670. The molecular weight excluding hydrogens is 361 g/mol. The van der Waals surface area contributed by atoms with Gasteiger partial charge in [0.1, 0.15) is 22.7 Å². The maximum Gasteiger partial charge on any atom is 0.255 e. The summed E-state index contributed by atoms with van der Waals surface area (Å²) in [5.41, 5.74) is 1.49. The lowest BCUT2D eigenvalue weighted by Gasteiger charge is -2.11. The Balaban J connectivity index is 1.83. The number of imidazole rings is 1. The van der Waals surface area contributed by atoms with Gasteiger partial charge in [-0.15, -0.1) is 0 Å². The van der Waals surface area contributed by atoms with Crippen LogP contribution in [0.5, 0.6) is 5.75 Å². The number of amides is 1. The predicted molar refractivity (Wildman–Crippen MR) is 95.5 cm³/mol. The molecule has 0 saturated carbocycles. The van der Waals surface area contributed by atoms with E-state index < -0.39 is 11.7 Å². The molecule has 0 aliphatic rings. The van der Waals surface area contributed by atoms with Crippen molar-refractivity contribution in [3.8, 4) is 5.75 Å². The number of rotatable bonds is 5. The number of nitrogens with one attached hydrogen (secondary N) is 2. The van der Waals surface area contributed by atoms with E-state index in [2.05, 4.69) is 15.3 Å². The third-order valence-electron chi connectivity index (χ3n) is 3.82. The zero-order valence-corrected chi connectivity index (χ0v) is 14.8. The van der Waals surface area contributed by atoms with Crippen LogP contribution < -0.4 is 10.1 Å². The number of aryl methyl sites for hydroxylation is 1. The lowest BCUT2D eigenvalue weighted by atomic mass is 10.1. The van der Waals surface area contributed by atoms with Crippen molar-refractivity contribution < 1.29 is 18.7 Å². The summed E-state index contributed by atoms with van der Waals surface area (Å²) in [6, 6.07) is 6.54. The average molecular weight is 376 g/mol. The van der Waals surface area contributed by atoms with Crippen LogP contribution >= 0.6 is 11.6 Å². The number of ketones is 1. The second kappa shape index (κ2) is 7.13. The van der Waals surface area contributed by atoms with E-state index in [1.807, 2.05) is 0 Å². The van der Waals surface area contributed by atoms with Gasteiger partial charge >= 0.3 is 0 Å². The van der Waals surface area contributed by atoms with E-state index in [1.54, 1.807) is 6.92 Å². The van der Waals surface area contributed by atoms with Crippen LogP contribution in [0.1, 0.15) is 26.5 Å². The molecular formula is C18H15ClFN3O3. The van der Waals surface area contributed by atoms with Gasteiger partial charge in [0.25, 0.3) is 5.91 Å². The first-order chi connectivity index (χ1) is 12.4. The molecule has 26 heavy (non-hydrogen) atoms. The van der Waals surface area contributed by atoms with Crippen molar-refractivity contribution in [2.45, 2.75) is 6.92 Å². The number of aromatic nitrogens is 2. The highest BCUT2D eigenvalue weighted by atomic mass is 35.5. The number of ether oxygens (including phenoxy) is 1. The molecule has 0 unspecified atom stereocenters.